The molecule has 1 aromatic carbocycles. The van der Waals surface area contributed by atoms with Crippen LogP contribution in [0.1, 0.15) is 18.5 Å². The highest BCUT2D eigenvalue weighted by molar-refractivity contribution is 9.10. The van der Waals surface area contributed by atoms with Crippen LogP contribution in [0.4, 0.5) is 11.5 Å². The molecule has 0 aliphatic rings. The Morgan fingerprint density at radius 2 is 2.00 bits per heavy atom. The third kappa shape index (κ3) is 3.15. The van der Waals surface area contributed by atoms with E-state index in [-0.39, 0.29) is 6.04 Å². The quantitative estimate of drug-likeness (QED) is 0.829. The molecule has 0 fully saturated rings. The molecule has 3 N–H and O–H groups in total. The van der Waals surface area contributed by atoms with Crippen LogP contribution in [0, 0.1) is 0 Å². The highest BCUT2D eigenvalue weighted by Crippen LogP contribution is 2.27. The lowest BCUT2D eigenvalue weighted by Gasteiger charge is -2.16. The Morgan fingerprint density at radius 3 is 2.61 bits per heavy atom. The number of nitrogens with two attached hydrogens (primary N) is 1. The van der Waals surface area contributed by atoms with Gasteiger partial charge in [-0.25, -0.2) is 4.98 Å². The van der Waals surface area contributed by atoms with Gasteiger partial charge >= 0.3 is 0 Å². The van der Waals surface area contributed by atoms with Gasteiger partial charge in [0.25, 0.3) is 0 Å². The molecule has 0 radical (unpaired) electrons. The topological polar surface area (TPSA) is 50.9 Å². The highest BCUT2D eigenvalue weighted by atomic mass is 79.9. The van der Waals surface area contributed by atoms with Crippen molar-refractivity contribution in [2.45, 2.75) is 13.0 Å². The van der Waals surface area contributed by atoms with Crippen molar-refractivity contribution in [2.75, 3.05) is 11.1 Å². The van der Waals surface area contributed by atoms with Gasteiger partial charge in [0.15, 0.2) is 0 Å². The molecule has 3 nitrogen and oxygen atoms in total. The molecule has 5 heteroatoms. The van der Waals surface area contributed by atoms with Crippen LogP contribution < -0.4 is 11.1 Å². The van der Waals surface area contributed by atoms with Gasteiger partial charge in [-0.1, -0.05) is 23.7 Å². The molecule has 1 aromatic heterocycles. The summed E-state index contributed by atoms with van der Waals surface area (Å²) in [5.41, 5.74) is 7.57. The maximum atomic E-state index is 5.85. The van der Waals surface area contributed by atoms with Crippen LogP contribution in [-0.2, 0) is 0 Å². The Morgan fingerprint density at radius 1 is 1.33 bits per heavy atom. The molecule has 0 spiro atoms. The number of hydrogen-bond donors (Lipinski definition) is 2. The lowest BCUT2D eigenvalue weighted by Crippen LogP contribution is -2.08. The molecule has 2 aromatic rings. The molecule has 0 amide bonds. The number of nitrogen functional groups attached to an aromatic ring is 1. The Bertz CT molecular complexity index is 542. The summed E-state index contributed by atoms with van der Waals surface area (Å²) < 4.78 is 0.845. The van der Waals surface area contributed by atoms with E-state index in [9.17, 15) is 0 Å². The van der Waals surface area contributed by atoms with Crippen LogP contribution >= 0.6 is 27.5 Å². The summed E-state index contributed by atoms with van der Waals surface area (Å²) in [6.45, 7) is 2.06. The molecule has 1 heterocycles. The number of aromatic nitrogens is 1. The molecule has 2 rings (SSSR count). The minimum Gasteiger partial charge on any atom is -0.399 e. The molecule has 18 heavy (non-hydrogen) atoms. The van der Waals surface area contributed by atoms with Crippen LogP contribution in [0.15, 0.2) is 41.0 Å². The van der Waals surface area contributed by atoms with E-state index in [0.29, 0.717) is 5.02 Å². The zero-order chi connectivity index (χ0) is 13.1. The number of anilines is 2. The molecule has 0 aliphatic heterocycles. The second-order valence-corrected chi connectivity index (χ2v) is 5.31. The predicted octanol–water partition coefficient (Wildman–Crippen LogP) is 4.25. The summed E-state index contributed by atoms with van der Waals surface area (Å²) in [6, 6.07) is 9.71. The van der Waals surface area contributed by atoms with E-state index >= 15 is 0 Å². The van der Waals surface area contributed by atoms with Gasteiger partial charge in [-0.3, -0.25) is 0 Å². The van der Waals surface area contributed by atoms with Crippen molar-refractivity contribution in [2.24, 2.45) is 0 Å². The zero-order valence-electron chi connectivity index (χ0n) is 9.82. The molecule has 94 valence electrons. The first-order valence-electron chi connectivity index (χ1n) is 5.49. The van der Waals surface area contributed by atoms with Crippen molar-refractivity contribution in [1.29, 1.82) is 0 Å². The Kier molecular flexibility index (Phi) is 4.09. The SMILES string of the molecule is CC(Nc1ncc(Cl)cc1Br)c1ccc(N)cc1. The van der Waals surface area contributed by atoms with E-state index in [1.54, 1.807) is 6.20 Å². The molecule has 1 atom stereocenters. The monoisotopic (exact) mass is 325 g/mol. The molecule has 0 aliphatic carbocycles. The highest BCUT2D eigenvalue weighted by Gasteiger charge is 2.08. The van der Waals surface area contributed by atoms with Crippen molar-refractivity contribution in [3.05, 3.63) is 51.6 Å². The smallest absolute Gasteiger partial charge is 0.140 e. The second-order valence-electron chi connectivity index (χ2n) is 4.02. The van der Waals surface area contributed by atoms with E-state index < -0.39 is 0 Å². The van der Waals surface area contributed by atoms with Crippen molar-refractivity contribution in [3.8, 4) is 0 Å². The lowest BCUT2D eigenvalue weighted by atomic mass is 10.1. The maximum absolute atomic E-state index is 5.85. The van der Waals surface area contributed by atoms with Crippen molar-refractivity contribution in [3.63, 3.8) is 0 Å². The van der Waals surface area contributed by atoms with Gasteiger partial charge < -0.3 is 11.1 Å². The van der Waals surface area contributed by atoms with E-state index in [0.717, 1.165) is 21.5 Å². The minimum atomic E-state index is 0.135. The fourth-order valence-corrected chi connectivity index (χ4v) is 2.35. The lowest BCUT2D eigenvalue weighted by molar-refractivity contribution is 0.873. The second kappa shape index (κ2) is 5.59. The van der Waals surface area contributed by atoms with Crippen molar-refractivity contribution in [1.82, 2.24) is 4.98 Å². The van der Waals surface area contributed by atoms with E-state index in [4.69, 9.17) is 17.3 Å². The summed E-state index contributed by atoms with van der Waals surface area (Å²) in [4.78, 5) is 4.25. The molecular formula is C13H13BrClN3. The number of halogens is 2. The summed E-state index contributed by atoms with van der Waals surface area (Å²) >= 11 is 9.28. The normalized spacial score (nSPS) is 12.2. The first-order chi connectivity index (χ1) is 8.56. The van der Waals surface area contributed by atoms with E-state index in [1.165, 1.54) is 0 Å². The Hall–Kier alpha value is -1.26. The van der Waals surface area contributed by atoms with Crippen molar-refractivity contribution < 1.29 is 0 Å². The fraction of sp³-hybridized carbons (Fsp3) is 0.154. The maximum Gasteiger partial charge on any atom is 0.140 e. The minimum absolute atomic E-state index is 0.135. The summed E-state index contributed by atoms with van der Waals surface area (Å²) in [5, 5.41) is 3.92. The summed E-state index contributed by atoms with van der Waals surface area (Å²) in [6.07, 6.45) is 1.62. The van der Waals surface area contributed by atoms with Gasteiger partial charge in [0, 0.05) is 17.9 Å². The van der Waals surface area contributed by atoms with E-state index in [2.05, 4.69) is 33.2 Å². The largest absolute Gasteiger partial charge is 0.399 e. The number of nitrogens with one attached hydrogen (secondary N) is 1. The molecule has 0 saturated heterocycles. The fourth-order valence-electron chi connectivity index (χ4n) is 1.59. The first-order valence-corrected chi connectivity index (χ1v) is 6.66. The number of nitrogens with zero attached hydrogens (tertiary/aromatic N) is 1. The number of pyridine rings is 1. The Labute approximate surface area is 119 Å². The van der Waals surface area contributed by atoms with Gasteiger partial charge in [-0.2, -0.15) is 0 Å². The molecular weight excluding hydrogens is 314 g/mol. The summed E-state index contributed by atoms with van der Waals surface area (Å²) in [7, 11) is 0. The summed E-state index contributed by atoms with van der Waals surface area (Å²) in [5.74, 6) is 0.767. The zero-order valence-corrected chi connectivity index (χ0v) is 12.2. The van der Waals surface area contributed by atoms with Crippen LogP contribution in [0.5, 0.6) is 0 Å². The van der Waals surface area contributed by atoms with Crippen LogP contribution in [0.25, 0.3) is 0 Å². The van der Waals surface area contributed by atoms with Gasteiger partial charge in [-0.15, -0.1) is 0 Å². The van der Waals surface area contributed by atoms with Gasteiger partial charge in [0.05, 0.1) is 9.50 Å². The third-order valence-corrected chi connectivity index (χ3v) is 3.41. The molecule has 0 saturated carbocycles. The van der Waals surface area contributed by atoms with Crippen LogP contribution in [0.3, 0.4) is 0 Å². The number of rotatable bonds is 3. The predicted molar refractivity (Wildman–Crippen MR) is 79.8 cm³/mol. The van der Waals surface area contributed by atoms with Gasteiger partial charge in [0.2, 0.25) is 0 Å². The van der Waals surface area contributed by atoms with Crippen LogP contribution in [-0.4, -0.2) is 4.98 Å². The molecule has 0 bridgehead atoms. The average molecular weight is 327 g/mol. The number of benzene rings is 1. The Balaban J connectivity index is 2.15. The number of hydrogen-bond acceptors (Lipinski definition) is 3. The first kappa shape index (κ1) is 13.2. The van der Waals surface area contributed by atoms with Crippen molar-refractivity contribution >= 4 is 39.0 Å². The van der Waals surface area contributed by atoms with Gasteiger partial charge in [0.1, 0.15) is 5.82 Å². The molecule has 1 unspecified atom stereocenters. The average Bonchev–Trinajstić information content (AvgIpc) is 2.33. The van der Waals surface area contributed by atoms with E-state index in [1.807, 2.05) is 30.3 Å². The van der Waals surface area contributed by atoms with Crippen LogP contribution in [0.2, 0.25) is 5.02 Å². The van der Waals surface area contributed by atoms with Gasteiger partial charge in [-0.05, 0) is 46.6 Å². The standard InChI is InChI=1S/C13H13BrClN3/c1-8(9-2-4-11(16)5-3-9)18-13-12(14)6-10(15)7-17-13/h2-8H,16H2,1H3,(H,17,18). The third-order valence-electron chi connectivity index (χ3n) is 2.60.